The van der Waals surface area contributed by atoms with E-state index in [1.54, 1.807) is 6.92 Å². The van der Waals surface area contributed by atoms with Crippen LogP contribution in [0.3, 0.4) is 0 Å². The summed E-state index contributed by atoms with van der Waals surface area (Å²) in [5, 5.41) is 17.6. The van der Waals surface area contributed by atoms with E-state index in [9.17, 15) is 19.5 Å². The first-order valence-electron chi connectivity index (χ1n) is 6.95. The van der Waals surface area contributed by atoms with E-state index in [2.05, 4.69) is 0 Å². The van der Waals surface area contributed by atoms with Crippen molar-refractivity contribution in [2.75, 3.05) is 13.1 Å². The standard InChI is InChI=1S/C13H22N2O5/c1-2-15(8-7-11(16)14-20)12(17)9-5-3-4-6-10(9)13(18)19/h9-10,20H,2-8H2,1H3,(H,14,16)(H,18,19)/t9-,10+/m1/s1. The van der Waals surface area contributed by atoms with Gasteiger partial charge in [-0.15, -0.1) is 0 Å². The Morgan fingerprint density at radius 2 is 1.80 bits per heavy atom. The molecule has 2 atom stereocenters. The maximum Gasteiger partial charge on any atom is 0.307 e. The molecule has 2 amide bonds. The monoisotopic (exact) mass is 286 g/mol. The Labute approximate surface area is 117 Å². The number of carboxylic acids is 1. The Morgan fingerprint density at radius 3 is 2.30 bits per heavy atom. The molecular formula is C13H22N2O5. The van der Waals surface area contributed by atoms with E-state index in [0.717, 1.165) is 12.8 Å². The van der Waals surface area contributed by atoms with Crippen molar-refractivity contribution in [3.05, 3.63) is 0 Å². The molecule has 7 heteroatoms. The van der Waals surface area contributed by atoms with Crippen LogP contribution in [0.15, 0.2) is 0 Å². The van der Waals surface area contributed by atoms with Crippen molar-refractivity contribution >= 4 is 17.8 Å². The molecule has 1 rings (SSSR count). The molecule has 20 heavy (non-hydrogen) atoms. The quantitative estimate of drug-likeness (QED) is 0.490. The molecule has 1 aliphatic carbocycles. The lowest BCUT2D eigenvalue weighted by Gasteiger charge is -2.32. The van der Waals surface area contributed by atoms with Crippen molar-refractivity contribution in [1.82, 2.24) is 10.4 Å². The van der Waals surface area contributed by atoms with E-state index in [0.29, 0.717) is 19.4 Å². The molecule has 7 nitrogen and oxygen atoms in total. The van der Waals surface area contributed by atoms with Crippen LogP contribution in [0.4, 0.5) is 0 Å². The van der Waals surface area contributed by atoms with Gasteiger partial charge in [-0.25, -0.2) is 5.48 Å². The number of carbonyl (C=O) groups is 3. The van der Waals surface area contributed by atoms with E-state index < -0.39 is 23.7 Å². The molecule has 0 radical (unpaired) electrons. The molecule has 0 aromatic heterocycles. The highest BCUT2D eigenvalue weighted by atomic mass is 16.5. The van der Waals surface area contributed by atoms with Gasteiger partial charge in [0, 0.05) is 19.5 Å². The number of hydroxylamine groups is 1. The van der Waals surface area contributed by atoms with Crippen LogP contribution in [0.25, 0.3) is 0 Å². The molecule has 0 spiro atoms. The number of hydrogen-bond acceptors (Lipinski definition) is 4. The molecule has 0 bridgehead atoms. The molecule has 0 aromatic rings. The number of carbonyl (C=O) groups excluding carboxylic acids is 2. The van der Waals surface area contributed by atoms with Crippen molar-refractivity contribution in [3.63, 3.8) is 0 Å². The minimum Gasteiger partial charge on any atom is -0.481 e. The Balaban J connectivity index is 2.68. The van der Waals surface area contributed by atoms with Gasteiger partial charge in [0.15, 0.2) is 0 Å². The normalized spacial score (nSPS) is 22.1. The maximum atomic E-state index is 12.4. The zero-order valence-electron chi connectivity index (χ0n) is 11.7. The summed E-state index contributed by atoms with van der Waals surface area (Å²) >= 11 is 0. The van der Waals surface area contributed by atoms with Gasteiger partial charge in [0.25, 0.3) is 0 Å². The number of rotatable bonds is 6. The van der Waals surface area contributed by atoms with Crippen molar-refractivity contribution in [1.29, 1.82) is 0 Å². The number of nitrogens with zero attached hydrogens (tertiary/aromatic N) is 1. The predicted octanol–water partition coefficient (Wildman–Crippen LogP) is 0.621. The summed E-state index contributed by atoms with van der Waals surface area (Å²) < 4.78 is 0. The summed E-state index contributed by atoms with van der Waals surface area (Å²) in [5.74, 6) is -2.82. The average Bonchev–Trinajstić information content (AvgIpc) is 2.47. The first kappa shape index (κ1) is 16.4. The smallest absolute Gasteiger partial charge is 0.307 e. The van der Waals surface area contributed by atoms with Gasteiger partial charge >= 0.3 is 5.97 Å². The number of hydrogen-bond donors (Lipinski definition) is 3. The Kier molecular flexibility index (Phi) is 6.44. The fourth-order valence-corrected chi connectivity index (χ4v) is 2.67. The van der Waals surface area contributed by atoms with Crippen LogP contribution in [0, 0.1) is 11.8 Å². The van der Waals surface area contributed by atoms with Gasteiger partial charge in [0.1, 0.15) is 0 Å². The summed E-state index contributed by atoms with van der Waals surface area (Å²) in [6.45, 7) is 2.39. The lowest BCUT2D eigenvalue weighted by Crippen LogP contribution is -2.43. The van der Waals surface area contributed by atoms with Crippen molar-refractivity contribution in [3.8, 4) is 0 Å². The van der Waals surface area contributed by atoms with Crippen LogP contribution in [-0.4, -0.2) is 46.1 Å². The third kappa shape index (κ3) is 4.19. The highest BCUT2D eigenvalue weighted by molar-refractivity contribution is 5.85. The summed E-state index contributed by atoms with van der Waals surface area (Å²) in [4.78, 5) is 36.1. The highest BCUT2D eigenvalue weighted by Gasteiger charge is 2.37. The molecule has 3 N–H and O–H groups in total. The van der Waals surface area contributed by atoms with E-state index in [4.69, 9.17) is 5.21 Å². The third-order valence-corrected chi connectivity index (χ3v) is 3.83. The van der Waals surface area contributed by atoms with Crippen molar-refractivity contribution in [2.45, 2.75) is 39.0 Å². The Hall–Kier alpha value is -1.63. The van der Waals surface area contributed by atoms with E-state index in [1.807, 2.05) is 0 Å². The zero-order valence-corrected chi connectivity index (χ0v) is 11.7. The average molecular weight is 286 g/mol. The third-order valence-electron chi connectivity index (χ3n) is 3.83. The maximum absolute atomic E-state index is 12.4. The zero-order chi connectivity index (χ0) is 15.1. The molecule has 0 heterocycles. The number of amides is 2. The van der Waals surface area contributed by atoms with Crippen LogP contribution >= 0.6 is 0 Å². The summed E-state index contributed by atoms with van der Waals surface area (Å²) in [6, 6.07) is 0. The Bertz CT molecular complexity index is 372. The SMILES string of the molecule is CCN(CCC(=O)NO)C(=O)[C@@H]1CCCC[C@@H]1C(=O)O. The fraction of sp³-hybridized carbons (Fsp3) is 0.769. The molecule has 0 aliphatic heterocycles. The second-order valence-electron chi connectivity index (χ2n) is 5.04. The molecule has 1 aliphatic rings. The molecule has 0 unspecified atom stereocenters. The second kappa shape index (κ2) is 7.84. The molecule has 114 valence electrons. The summed E-state index contributed by atoms with van der Waals surface area (Å²) in [7, 11) is 0. The van der Waals surface area contributed by atoms with Crippen LogP contribution in [0.1, 0.15) is 39.0 Å². The molecule has 0 aromatic carbocycles. The van der Waals surface area contributed by atoms with Crippen LogP contribution in [-0.2, 0) is 14.4 Å². The topological polar surface area (TPSA) is 107 Å². The van der Waals surface area contributed by atoms with Crippen LogP contribution in [0.2, 0.25) is 0 Å². The number of carboxylic acid groups (broad SMARTS) is 1. The predicted molar refractivity (Wildman–Crippen MR) is 69.9 cm³/mol. The van der Waals surface area contributed by atoms with Crippen LogP contribution < -0.4 is 5.48 Å². The van der Waals surface area contributed by atoms with E-state index in [1.165, 1.54) is 10.4 Å². The summed E-state index contributed by atoms with van der Waals surface area (Å²) in [5.41, 5.74) is 1.52. The second-order valence-corrected chi connectivity index (χ2v) is 5.04. The molecule has 1 saturated carbocycles. The van der Waals surface area contributed by atoms with E-state index in [-0.39, 0.29) is 18.9 Å². The van der Waals surface area contributed by atoms with E-state index >= 15 is 0 Å². The lowest BCUT2D eigenvalue weighted by molar-refractivity contribution is -0.152. The van der Waals surface area contributed by atoms with Gasteiger partial charge in [0.05, 0.1) is 11.8 Å². The van der Waals surface area contributed by atoms with Crippen molar-refractivity contribution < 1.29 is 24.7 Å². The summed E-state index contributed by atoms with van der Waals surface area (Å²) in [6.07, 6.45) is 2.80. The van der Waals surface area contributed by atoms with Crippen molar-refractivity contribution in [2.24, 2.45) is 11.8 Å². The minimum atomic E-state index is -0.924. The van der Waals surface area contributed by atoms with Gasteiger partial charge < -0.3 is 10.0 Å². The molecule has 0 saturated heterocycles. The van der Waals surface area contributed by atoms with Gasteiger partial charge in [0.2, 0.25) is 11.8 Å². The molecular weight excluding hydrogens is 264 g/mol. The van der Waals surface area contributed by atoms with Gasteiger partial charge in [-0.2, -0.15) is 0 Å². The molecule has 1 fully saturated rings. The van der Waals surface area contributed by atoms with Gasteiger partial charge in [-0.3, -0.25) is 19.6 Å². The lowest BCUT2D eigenvalue weighted by atomic mass is 9.78. The first-order chi connectivity index (χ1) is 9.51. The minimum absolute atomic E-state index is 0.000534. The number of aliphatic carboxylic acids is 1. The first-order valence-corrected chi connectivity index (χ1v) is 6.95. The fourth-order valence-electron chi connectivity index (χ4n) is 2.67. The number of nitrogens with one attached hydrogen (secondary N) is 1. The van der Waals surface area contributed by atoms with Crippen LogP contribution in [0.5, 0.6) is 0 Å². The highest BCUT2D eigenvalue weighted by Crippen LogP contribution is 2.31. The van der Waals surface area contributed by atoms with Gasteiger partial charge in [-0.1, -0.05) is 12.8 Å². The van der Waals surface area contributed by atoms with Gasteiger partial charge in [-0.05, 0) is 19.8 Å². The largest absolute Gasteiger partial charge is 0.481 e. The Morgan fingerprint density at radius 1 is 1.20 bits per heavy atom.